The summed E-state index contributed by atoms with van der Waals surface area (Å²) < 4.78 is 19.3. The van der Waals surface area contributed by atoms with Gasteiger partial charge in [0.1, 0.15) is 17.6 Å². The van der Waals surface area contributed by atoms with Crippen molar-refractivity contribution in [3.05, 3.63) is 65.0 Å². The molecule has 6 heteroatoms. The lowest BCUT2D eigenvalue weighted by molar-refractivity contribution is -0.143. The summed E-state index contributed by atoms with van der Waals surface area (Å²) in [5, 5.41) is 3.16. The molecule has 1 fully saturated rings. The van der Waals surface area contributed by atoms with Gasteiger partial charge in [-0.05, 0) is 68.0 Å². The van der Waals surface area contributed by atoms with E-state index in [0.29, 0.717) is 12.2 Å². The standard InChI is InChI=1S/C27H35FN2O3/c1-4-24(27(32)29-23-10-6-5-7-11-23)30(17-21-13-15-22(28)16-14-21)26(31)18-33-25-12-8-9-19(2)20(25)3/h8-9,12-16,23-24H,4-7,10-11,17-18H2,1-3H3,(H,29,32). The highest BCUT2D eigenvalue weighted by Gasteiger charge is 2.30. The molecule has 178 valence electrons. The van der Waals surface area contributed by atoms with Gasteiger partial charge < -0.3 is 15.0 Å². The Morgan fingerprint density at radius 1 is 1.09 bits per heavy atom. The number of hydrogen-bond donors (Lipinski definition) is 1. The average Bonchev–Trinajstić information content (AvgIpc) is 2.81. The molecule has 2 aromatic rings. The molecule has 2 aromatic carbocycles. The number of rotatable bonds is 9. The molecule has 0 radical (unpaired) electrons. The molecule has 1 N–H and O–H groups in total. The highest BCUT2D eigenvalue weighted by molar-refractivity contribution is 5.88. The summed E-state index contributed by atoms with van der Waals surface area (Å²) in [5.74, 6) is -0.0840. The van der Waals surface area contributed by atoms with Crippen molar-refractivity contribution in [3.8, 4) is 5.75 Å². The summed E-state index contributed by atoms with van der Waals surface area (Å²) in [6.07, 6.45) is 5.87. The Hall–Kier alpha value is -2.89. The van der Waals surface area contributed by atoms with E-state index in [9.17, 15) is 14.0 Å². The topological polar surface area (TPSA) is 58.6 Å². The van der Waals surface area contributed by atoms with E-state index in [1.54, 1.807) is 17.0 Å². The van der Waals surface area contributed by atoms with Crippen LogP contribution in [0.5, 0.6) is 5.75 Å². The Kier molecular flexibility index (Phi) is 8.87. The van der Waals surface area contributed by atoms with E-state index in [-0.39, 0.29) is 36.8 Å². The highest BCUT2D eigenvalue weighted by Crippen LogP contribution is 2.22. The first-order chi connectivity index (χ1) is 15.9. The van der Waals surface area contributed by atoms with E-state index in [2.05, 4.69) is 5.32 Å². The molecule has 33 heavy (non-hydrogen) atoms. The predicted molar refractivity (Wildman–Crippen MR) is 127 cm³/mol. The minimum Gasteiger partial charge on any atom is -0.483 e. The van der Waals surface area contributed by atoms with E-state index in [1.807, 2.05) is 39.0 Å². The number of nitrogens with zero attached hydrogens (tertiary/aromatic N) is 1. The van der Waals surface area contributed by atoms with Gasteiger partial charge in [-0.2, -0.15) is 0 Å². The molecule has 5 nitrogen and oxygen atoms in total. The van der Waals surface area contributed by atoms with Crippen LogP contribution in [0.15, 0.2) is 42.5 Å². The Balaban J connectivity index is 1.77. The van der Waals surface area contributed by atoms with Crippen molar-refractivity contribution in [3.63, 3.8) is 0 Å². The molecule has 0 saturated heterocycles. The van der Waals surface area contributed by atoms with Gasteiger partial charge in [0.05, 0.1) is 0 Å². The minimum absolute atomic E-state index is 0.133. The zero-order chi connectivity index (χ0) is 23.8. The van der Waals surface area contributed by atoms with Gasteiger partial charge in [-0.15, -0.1) is 0 Å². The maximum Gasteiger partial charge on any atom is 0.261 e. The number of benzene rings is 2. The number of carbonyl (C=O) groups excluding carboxylic acids is 2. The summed E-state index contributed by atoms with van der Waals surface area (Å²) in [4.78, 5) is 28.1. The molecular weight excluding hydrogens is 419 g/mol. The Morgan fingerprint density at radius 2 is 1.79 bits per heavy atom. The van der Waals surface area contributed by atoms with Crippen molar-refractivity contribution in [2.24, 2.45) is 0 Å². The molecule has 0 aromatic heterocycles. The summed E-state index contributed by atoms with van der Waals surface area (Å²) in [6.45, 7) is 5.90. The Labute approximate surface area is 196 Å². The summed E-state index contributed by atoms with van der Waals surface area (Å²) in [5.41, 5.74) is 2.83. The Morgan fingerprint density at radius 3 is 2.45 bits per heavy atom. The maximum absolute atomic E-state index is 13.4. The number of carbonyl (C=O) groups is 2. The number of hydrogen-bond acceptors (Lipinski definition) is 3. The van der Waals surface area contributed by atoms with Crippen molar-refractivity contribution < 1.29 is 18.7 Å². The molecule has 1 aliphatic rings. The lowest BCUT2D eigenvalue weighted by Crippen LogP contribution is -2.52. The van der Waals surface area contributed by atoms with Gasteiger partial charge in [0.2, 0.25) is 5.91 Å². The second kappa shape index (κ2) is 11.8. The van der Waals surface area contributed by atoms with Crippen LogP contribution < -0.4 is 10.1 Å². The Bertz CT molecular complexity index is 939. The van der Waals surface area contributed by atoms with Crippen molar-refractivity contribution in [1.82, 2.24) is 10.2 Å². The first kappa shape index (κ1) is 24.7. The molecule has 0 bridgehead atoms. The molecule has 2 amide bonds. The van der Waals surface area contributed by atoms with Gasteiger partial charge in [0, 0.05) is 12.6 Å². The van der Waals surface area contributed by atoms with Crippen LogP contribution in [0.1, 0.15) is 62.1 Å². The fourth-order valence-corrected chi connectivity index (χ4v) is 4.35. The second-order valence-electron chi connectivity index (χ2n) is 8.90. The number of aryl methyl sites for hydroxylation is 1. The zero-order valence-electron chi connectivity index (χ0n) is 19.9. The quantitative estimate of drug-likeness (QED) is 0.575. The SMILES string of the molecule is CCC(C(=O)NC1CCCCC1)N(Cc1ccc(F)cc1)C(=O)COc1cccc(C)c1C. The first-order valence-corrected chi connectivity index (χ1v) is 11.9. The van der Waals surface area contributed by atoms with Crippen LogP contribution >= 0.6 is 0 Å². The summed E-state index contributed by atoms with van der Waals surface area (Å²) in [6, 6.07) is 11.3. The lowest BCUT2D eigenvalue weighted by Gasteiger charge is -2.32. The van der Waals surface area contributed by atoms with Gasteiger partial charge in [0.25, 0.3) is 5.91 Å². The fourth-order valence-electron chi connectivity index (χ4n) is 4.35. The van der Waals surface area contributed by atoms with Gasteiger partial charge in [-0.1, -0.05) is 50.5 Å². The van der Waals surface area contributed by atoms with Crippen molar-refractivity contribution in [2.75, 3.05) is 6.61 Å². The molecule has 1 atom stereocenters. The van der Waals surface area contributed by atoms with Gasteiger partial charge in [-0.3, -0.25) is 9.59 Å². The average molecular weight is 455 g/mol. The third-order valence-corrected chi connectivity index (χ3v) is 6.51. The van der Waals surface area contributed by atoms with Crippen LogP contribution in [-0.4, -0.2) is 35.4 Å². The van der Waals surface area contributed by atoms with Crippen molar-refractivity contribution in [2.45, 2.75) is 77.9 Å². The maximum atomic E-state index is 13.4. The molecule has 0 heterocycles. The van der Waals surface area contributed by atoms with Gasteiger partial charge in [0.15, 0.2) is 6.61 Å². The smallest absolute Gasteiger partial charge is 0.261 e. The number of amides is 2. The molecule has 0 aliphatic heterocycles. The molecule has 1 saturated carbocycles. The van der Waals surface area contributed by atoms with Gasteiger partial charge in [-0.25, -0.2) is 4.39 Å². The van der Waals surface area contributed by atoms with Crippen LogP contribution in [0, 0.1) is 19.7 Å². The largest absolute Gasteiger partial charge is 0.483 e. The first-order valence-electron chi connectivity index (χ1n) is 11.9. The van der Waals surface area contributed by atoms with E-state index in [1.165, 1.54) is 18.6 Å². The van der Waals surface area contributed by atoms with Crippen LogP contribution in [0.3, 0.4) is 0 Å². The molecule has 1 unspecified atom stereocenters. The number of ether oxygens (including phenoxy) is 1. The van der Waals surface area contributed by atoms with Gasteiger partial charge >= 0.3 is 0 Å². The van der Waals surface area contributed by atoms with Crippen LogP contribution in [0.2, 0.25) is 0 Å². The summed E-state index contributed by atoms with van der Waals surface area (Å²) >= 11 is 0. The van der Waals surface area contributed by atoms with Crippen LogP contribution in [-0.2, 0) is 16.1 Å². The molecule has 3 rings (SSSR count). The van der Waals surface area contributed by atoms with E-state index in [0.717, 1.165) is 42.4 Å². The normalized spacial score (nSPS) is 15.0. The fraction of sp³-hybridized carbons (Fsp3) is 0.481. The molecule has 0 spiro atoms. The second-order valence-corrected chi connectivity index (χ2v) is 8.90. The third kappa shape index (κ3) is 6.80. The van der Waals surface area contributed by atoms with E-state index in [4.69, 9.17) is 4.74 Å². The van der Waals surface area contributed by atoms with E-state index >= 15 is 0 Å². The van der Waals surface area contributed by atoms with Crippen LogP contribution in [0.4, 0.5) is 4.39 Å². The number of nitrogens with one attached hydrogen (secondary N) is 1. The van der Waals surface area contributed by atoms with Crippen LogP contribution in [0.25, 0.3) is 0 Å². The zero-order valence-corrected chi connectivity index (χ0v) is 19.9. The van der Waals surface area contributed by atoms with Crippen molar-refractivity contribution in [1.29, 1.82) is 0 Å². The van der Waals surface area contributed by atoms with E-state index < -0.39 is 6.04 Å². The van der Waals surface area contributed by atoms with Crippen molar-refractivity contribution >= 4 is 11.8 Å². The lowest BCUT2D eigenvalue weighted by atomic mass is 9.95. The summed E-state index contributed by atoms with van der Waals surface area (Å²) in [7, 11) is 0. The minimum atomic E-state index is -0.619. The predicted octanol–water partition coefficient (Wildman–Crippen LogP) is 5.08. The molecular formula is C27H35FN2O3. The monoisotopic (exact) mass is 454 g/mol. The molecule has 1 aliphatic carbocycles. The third-order valence-electron chi connectivity index (χ3n) is 6.51. The highest BCUT2D eigenvalue weighted by atomic mass is 19.1. The number of halogens is 1.